The molecule has 2 N–H and O–H groups in total. The Labute approximate surface area is 79.4 Å². The van der Waals surface area contributed by atoms with E-state index in [0.29, 0.717) is 12.5 Å². The molecule has 0 saturated carbocycles. The molecule has 0 aliphatic carbocycles. The minimum absolute atomic E-state index is 0.465. The lowest BCUT2D eigenvalue weighted by molar-refractivity contribution is 0.571. The van der Waals surface area contributed by atoms with E-state index in [4.69, 9.17) is 5.73 Å². The summed E-state index contributed by atoms with van der Waals surface area (Å²) >= 11 is 0. The lowest BCUT2D eigenvalue weighted by atomic mass is 10.1. The van der Waals surface area contributed by atoms with Gasteiger partial charge in [0, 0.05) is 18.3 Å². The molecule has 0 bridgehead atoms. The van der Waals surface area contributed by atoms with E-state index in [1.54, 1.807) is 0 Å². The Morgan fingerprint density at radius 1 is 1.54 bits per heavy atom. The third kappa shape index (κ3) is 3.11. The number of aromatic nitrogens is 2. The highest BCUT2D eigenvalue weighted by Crippen LogP contribution is 2.03. The van der Waals surface area contributed by atoms with Gasteiger partial charge < -0.3 is 5.73 Å². The van der Waals surface area contributed by atoms with Gasteiger partial charge in [-0.25, -0.2) is 9.97 Å². The van der Waals surface area contributed by atoms with E-state index in [1.807, 2.05) is 12.3 Å². The molecule has 0 aromatic carbocycles. The minimum Gasteiger partial charge on any atom is -0.330 e. The number of aryl methyl sites for hydroxylation is 1. The first kappa shape index (κ1) is 10.1. The lowest BCUT2D eigenvalue weighted by Crippen LogP contribution is -2.15. The molecule has 0 saturated heterocycles. The predicted octanol–water partition coefficient (Wildman–Crippen LogP) is 1.18. The summed E-state index contributed by atoms with van der Waals surface area (Å²) in [6, 6.07) is 1.95. The monoisotopic (exact) mass is 179 g/mol. The predicted molar refractivity (Wildman–Crippen MR) is 53.3 cm³/mol. The van der Waals surface area contributed by atoms with E-state index < -0.39 is 0 Å². The Morgan fingerprint density at radius 2 is 2.31 bits per heavy atom. The third-order valence-corrected chi connectivity index (χ3v) is 2.06. The van der Waals surface area contributed by atoms with Crippen LogP contribution in [0.4, 0.5) is 0 Å². The van der Waals surface area contributed by atoms with Gasteiger partial charge in [0.2, 0.25) is 0 Å². The average Bonchev–Trinajstić information content (AvgIpc) is 2.18. The van der Waals surface area contributed by atoms with Crippen LogP contribution in [0.25, 0.3) is 0 Å². The summed E-state index contributed by atoms with van der Waals surface area (Å²) in [4.78, 5) is 8.62. The van der Waals surface area contributed by atoms with Crippen molar-refractivity contribution in [2.45, 2.75) is 26.7 Å². The standard InChI is InChI=1S/C10H17N3/c1-3-9-4-5-12-10(13-9)6-8(2)7-11/h4-5,8H,3,6-7,11H2,1-2H3. The zero-order valence-corrected chi connectivity index (χ0v) is 8.33. The van der Waals surface area contributed by atoms with Crippen LogP contribution in [0.5, 0.6) is 0 Å². The molecule has 1 aromatic rings. The van der Waals surface area contributed by atoms with Crippen molar-refractivity contribution in [3.8, 4) is 0 Å². The van der Waals surface area contributed by atoms with Crippen LogP contribution < -0.4 is 5.73 Å². The normalized spacial score (nSPS) is 12.8. The Hall–Kier alpha value is -0.960. The van der Waals surface area contributed by atoms with Gasteiger partial charge in [0.1, 0.15) is 5.82 Å². The molecule has 13 heavy (non-hydrogen) atoms. The summed E-state index contributed by atoms with van der Waals surface area (Å²) in [7, 11) is 0. The average molecular weight is 179 g/mol. The Kier molecular flexibility index (Phi) is 3.83. The molecule has 0 amide bonds. The Balaban J connectivity index is 2.66. The number of hydrogen-bond donors (Lipinski definition) is 1. The highest BCUT2D eigenvalue weighted by molar-refractivity contribution is 5.02. The third-order valence-electron chi connectivity index (χ3n) is 2.06. The van der Waals surface area contributed by atoms with Gasteiger partial charge in [-0.15, -0.1) is 0 Å². The summed E-state index contributed by atoms with van der Waals surface area (Å²) in [5, 5.41) is 0. The van der Waals surface area contributed by atoms with Crippen molar-refractivity contribution in [3.63, 3.8) is 0 Å². The van der Waals surface area contributed by atoms with Gasteiger partial charge >= 0.3 is 0 Å². The molecule has 3 nitrogen and oxygen atoms in total. The second-order valence-corrected chi connectivity index (χ2v) is 3.36. The molecular weight excluding hydrogens is 162 g/mol. The minimum atomic E-state index is 0.465. The maximum absolute atomic E-state index is 5.53. The van der Waals surface area contributed by atoms with Gasteiger partial charge in [-0.2, -0.15) is 0 Å². The molecule has 0 spiro atoms. The topological polar surface area (TPSA) is 51.8 Å². The zero-order chi connectivity index (χ0) is 9.68. The maximum Gasteiger partial charge on any atom is 0.128 e. The molecule has 72 valence electrons. The summed E-state index contributed by atoms with van der Waals surface area (Å²) in [5.41, 5.74) is 6.64. The van der Waals surface area contributed by atoms with Crippen LogP contribution in [0.2, 0.25) is 0 Å². The quantitative estimate of drug-likeness (QED) is 0.755. The second-order valence-electron chi connectivity index (χ2n) is 3.36. The fourth-order valence-electron chi connectivity index (χ4n) is 1.13. The van der Waals surface area contributed by atoms with Gasteiger partial charge in [0.15, 0.2) is 0 Å². The summed E-state index contributed by atoms with van der Waals surface area (Å²) in [6.45, 7) is 4.90. The molecule has 0 fully saturated rings. The van der Waals surface area contributed by atoms with Crippen molar-refractivity contribution in [3.05, 3.63) is 23.8 Å². The molecule has 0 aliphatic rings. The zero-order valence-electron chi connectivity index (χ0n) is 8.33. The molecule has 3 heteroatoms. The second kappa shape index (κ2) is 4.92. The van der Waals surface area contributed by atoms with Gasteiger partial charge in [-0.3, -0.25) is 0 Å². The van der Waals surface area contributed by atoms with Crippen LogP contribution in [0.1, 0.15) is 25.4 Å². The van der Waals surface area contributed by atoms with Crippen molar-refractivity contribution in [2.24, 2.45) is 11.7 Å². The first-order valence-corrected chi connectivity index (χ1v) is 4.77. The van der Waals surface area contributed by atoms with Crippen LogP contribution in [-0.2, 0) is 12.8 Å². The van der Waals surface area contributed by atoms with E-state index in [1.165, 1.54) is 0 Å². The van der Waals surface area contributed by atoms with E-state index in [9.17, 15) is 0 Å². The Morgan fingerprint density at radius 3 is 2.92 bits per heavy atom. The number of nitrogens with zero attached hydrogens (tertiary/aromatic N) is 2. The maximum atomic E-state index is 5.53. The molecule has 1 heterocycles. The summed E-state index contributed by atoms with van der Waals surface area (Å²) < 4.78 is 0. The van der Waals surface area contributed by atoms with E-state index in [-0.39, 0.29) is 0 Å². The molecule has 1 rings (SSSR count). The van der Waals surface area contributed by atoms with Gasteiger partial charge in [-0.1, -0.05) is 13.8 Å². The molecule has 0 radical (unpaired) electrons. The molecule has 1 atom stereocenters. The van der Waals surface area contributed by atoms with Gasteiger partial charge in [0.05, 0.1) is 0 Å². The Bertz CT molecular complexity index is 260. The highest BCUT2D eigenvalue weighted by Gasteiger charge is 2.03. The van der Waals surface area contributed by atoms with E-state index in [0.717, 1.165) is 24.4 Å². The number of hydrogen-bond acceptors (Lipinski definition) is 3. The van der Waals surface area contributed by atoms with Gasteiger partial charge in [-0.05, 0) is 24.9 Å². The van der Waals surface area contributed by atoms with Crippen molar-refractivity contribution >= 4 is 0 Å². The smallest absolute Gasteiger partial charge is 0.128 e. The van der Waals surface area contributed by atoms with Crippen LogP contribution in [0, 0.1) is 5.92 Å². The summed E-state index contributed by atoms with van der Waals surface area (Å²) in [6.07, 6.45) is 3.67. The van der Waals surface area contributed by atoms with E-state index >= 15 is 0 Å². The molecular formula is C10H17N3. The van der Waals surface area contributed by atoms with Crippen molar-refractivity contribution in [2.75, 3.05) is 6.54 Å². The molecule has 1 unspecified atom stereocenters. The largest absolute Gasteiger partial charge is 0.330 e. The van der Waals surface area contributed by atoms with Crippen LogP contribution >= 0.6 is 0 Å². The van der Waals surface area contributed by atoms with Crippen molar-refractivity contribution in [1.82, 2.24) is 9.97 Å². The SMILES string of the molecule is CCc1ccnc(CC(C)CN)n1. The van der Waals surface area contributed by atoms with E-state index in [2.05, 4.69) is 23.8 Å². The number of nitrogens with two attached hydrogens (primary N) is 1. The lowest BCUT2D eigenvalue weighted by Gasteiger charge is -2.06. The molecule has 0 aliphatic heterocycles. The first-order valence-electron chi connectivity index (χ1n) is 4.77. The summed E-state index contributed by atoms with van der Waals surface area (Å²) in [5.74, 6) is 1.38. The fraction of sp³-hybridized carbons (Fsp3) is 0.600. The van der Waals surface area contributed by atoms with Crippen LogP contribution in [0.15, 0.2) is 12.3 Å². The first-order chi connectivity index (χ1) is 6.26. The van der Waals surface area contributed by atoms with Gasteiger partial charge in [0.25, 0.3) is 0 Å². The van der Waals surface area contributed by atoms with Crippen molar-refractivity contribution < 1.29 is 0 Å². The highest BCUT2D eigenvalue weighted by atomic mass is 14.9. The van der Waals surface area contributed by atoms with Crippen LogP contribution in [0.3, 0.4) is 0 Å². The van der Waals surface area contributed by atoms with Crippen LogP contribution in [-0.4, -0.2) is 16.5 Å². The van der Waals surface area contributed by atoms with Crippen molar-refractivity contribution in [1.29, 1.82) is 0 Å². The molecule has 1 aromatic heterocycles. The number of rotatable bonds is 4. The fourth-order valence-corrected chi connectivity index (χ4v) is 1.13.